The fourth-order valence-corrected chi connectivity index (χ4v) is 3.29. The Kier molecular flexibility index (Phi) is 4.63. The van der Waals surface area contributed by atoms with Crippen LogP contribution < -0.4 is 10.5 Å². The van der Waals surface area contributed by atoms with E-state index in [0.29, 0.717) is 0 Å². The summed E-state index contributed by atoms with van der Waals surface area (Å²) in [6.45, 7) is 3.89. The highest BCUT2D eigenvalue weighted by Gasteiger charge is 2.21. The molecule has 1 atom stereocenters. The first-order chi connectivity index (χ1) is 7.45. The van der Waals surface area contributed by atoms with E-state index in [1.54, 1.807) is 0 Å². The molecule has 0 amide bonds. The van der Waals surface area contributed by atoms with Crippen LogP contribution in [0.25, 0.3) is 0 Å². The lowest BCUT2D eigenvalue weighted by Gasteiger charge is -2.11. The average molecular weight is 264 g/mol. The van der Waals surface area contributed by atoms with Crippen LogP contribution in [0.1, 0.15) is 33.1 Å². The Balaban J connectivity index is 2.65. The molecule has 0 aliphatic heterocycles. The molecule has 0 saturated heterocycles. The quantitative estimate of drug-likeness (QED) is 0.798. The Bertz CT molecular complexity index is 429. The highest BCUT2D eigenvalue weighted by Crippen LogP contribution is 2.17. The number of sulfonamides is 1. The molecule has 6 nitrogen and oxygen atoms in total. The van der Waals surface area contributed by atoms with E-state index in [1.807, 2.05) is 6.92 Å². The van der Waals surface area contributed by atoms with Crippen LogP contribution in [-0.2, 0) is 10.0 Å². The highest BCUT2D eigenvalue weighted by molar-refractivity contribution is 7.91. The number of nitrogens with zero attached hydrogens (tertiary/aromatic N) is 2. The van der Waals surface area contributed by atoms with Crippen molar-refractivity contribution in [1.82, 2.24) is 14.9 Å². The normalized spacial score (nSPS) is 13.9. The lowest BCUT2D eigenvalue weighted by atomic mass is 10.2. The van der Waals surface area contributed by atoms with Crippen molar-refractivity contribution >= 4 is 26.5 Å². The van der Waals surface area contributed by atoms with Gasteiger partial charge in [-0.2, -0.15) is 0 Å². The second-order valence-corrected chi connectivity index (χ2v) is 6.47. The maximum Gasteiger partial charge on any atom is 0.270 e. The summed E-state index contributed by atoms with van der Waals surface area (Å²) < 4.78 is 26.0. The number of nitrogen functional groups attached to an aromatic ring is 1. The molecule has 1 aromatic heterocycles. The molecule has 0 spiro atoms. The predicted molar refractivity (Wildman–Crippen MR) is 63.6 cm³/mol. The third kappa shape index (κ3) is 3.69. The highest BCUT2D eigenvalue weighted by atomic mass is 32.2. The van der Waals surface area contributed by atoms with Crippen molar-refractivity contribution in [3.05, 3.63) is 0 Å². The molecule has 16 heavy (non-hydrogen) atoms. The zero-order valence-corrected chi connectivity index (χ0v) is 10.9. The number of aromatic nitrogens is 2. The fourth-order valence-electron chi connectivity index (χ4n) is 1.21. The van der Waals surface area contributed by atoms with Crippen LogP contribution in [0, 0.1) is 0 Å². The van der Waals surface area contributed by atoms with E-state index in [0.717, 1.165) is 30.6 Å². The van der Waals surface area contributed by atoms with Gasteiger partial charge in [0.15, 0.2) is 0 Å². The van der Waals surface area contributed by atoms with Gasteiger partial charge in [0.1, 0.15) is 0 Å². The fraction of sp³-hybridized carbons (Fsp3) is 0.750. The third-order valence-electron chi connectivity index (χ3n) is 2.00. The first-order valence-corrected chi connectivity index (χ1v) is 7.37. The van der Waals surface area contributed by atoms with Gasteiger partial charge in [0.2, 0.25) is 9.47 Å². The SMILES string of the molecule is CCCCC(C)NS(=O)(=O)c1nnc(N)s1. The van der Waals surface area contributed by atoms with Crippen molar-refractivity contribution in [2.75, 3.05) is 5.73 Å². The van der Waals surface area contributed by atoms with Gasteiger partial charge in [0.25, 0.3) is 10.0 Å². The van der Waals surface area contributed by atoms with Gasteiger partial charge in [-0.15, -0.1) is 10.2 Å². The first kappa shape index (κ1) is 13.3. The van der Waals surface area contributed by atoms with E-state index in [1.165, 1.54) is 0 Å². The zero-order chi connectivity index (χ0) is 12.2. The minimum absolute atomic E-state index is 0.0756. The summed E-state index contributed by atoms with van der Waals surface area (Å²) >= 11 is 0.866. The molecule has 8 heteroatoms. The standard InChI is InChI=1S/C8H16N4O2S2/c1-3-4-5-6(2)12-16(13,14)8-11-10-7(9)15-8/h6,12H,3-5H2,1-2H3,(H2,9,10). The topological polar surface area (TPSA) is 98.0 Å². The Morgan fingerprint density at radius 2 is 2.19 bits per heavy atom. The number of hydrogen-bond acceptors (Lipinski definition) is 6. The summed E-state index contributed by atoms with van der Waals surface area (Å²) in [5.41, 5.74) is 5.34. The Morgan fingerprint density at radius 1 is 1.50 bits per heavy atom. The van der Waals surface area contributed by atoms with Gasteiger partial charge in [0.05, 0.1) is 0 Å². The number of hydrogen-bond donors (Lipinski definition) is 2. The molecule has 0 aliphatic rings. The first-order valence-electron chi connectivity index (χ1n) is 5.07. The van der Waals surface area contributed by atoms with Gasteiger partial charge in [-0.05, 0) is 13.3 Å². The summed E-state index contributed by atoms with van der Waals surface area (Å²) in [5.74, 6) is 0. The molecule has 1 heterocycles. The summed E-state index contributed by atoms with van der Waals surface area (Å²) in [6, 6.07) is -0.102. The molecule has 0 radical (unpaired) electrons. The zero-order valence-electron chi connectivity index (χ0n) is 9.30. The van der Waals surface area contributed by atoms with Gasteiger partial charge in [-0.1, -0.05) is 31.1 Å². The Hall–Kier alpha value is -0.730. The average Bonchev–Trinajstić information content (AvgIpc) is 2.62. The van der Waals surface area contributed by atoms with Crippen molar-refractivity contribution in [1.29, 1.82) is 0 Å². The lowest BCUT2D eigenvalue weighted by molar-refractivity contribution is 0.533. The van der Waals surface area contributed by atoms with E-state index in [2.05, 4.69) is 21.8 Å². The maximum atomic E-state index is 11.8. The van der Waals surface area contributed by atoms with E-state index >= 15 is 0 Å². The predicted octanol–water partition coefficient (Wildman–Crippen LogP) is 0.977. The summed E-state index contributed by atoms with van der Waals surface area (Å²) in [5, 5.41) is 7.15. The summed E-state index contributed by atoms with van der Waals surface area (Å²) in [4.78, 5) is 0. The second kappa shape index (κ2) is 5.55. The van der Waals surface area contributed by atoms with E-state index < -0.39 is 10.0 Å². The van der Waals surface area contributed by atoms with Crippen LogP contribution in [0.2, 0.25) is 0 Å². The van der Waals surface area contributed by atoms with Gasteiger partial charge in [-0.25, -0.2) is 13.1 Å². The van der Waals surface area contributed by atoms with Gasteiger partial charge >= 0.3 is 0 Å². The third-order valence-corrected chi connectivity index (χ3v) is 4.71. The van der Waals surface area contributed by atoms with Crippen molar-refractivity contribution in [2.24, 2.45) is 0 Å². The number of rotatable bonds is 6. The molecular weight excluding hydrogens is 248 g/mol. The van der Waals surface area contributed by atoms with Crippen LogP contribution in [0.5, 0.6) is 0 Å². The molecule has 1 unspecified atom stereocenters. The number of anilines is 1. The number of nitrogens with two attached hydrogens (primary N) is 1. The Morgan fingerprint density at radius 3 is 2.69 bits per heavy atom. The smallest absolute Gasteiger partial charge is 0.270 e. The molecule has 0 saturated carbocycles. The number of nitrogens with one attached hydrogen (secondary N) is 1. The minimum atomic E-state index is -3.55. The second-order valence-electron chi connectivity index (χ2n) is 3.57. The maximum absolute atomic E-state index is 11.8. The molecule has 3 N–H and O–H groups in total. The molecule has 1 rings (SSSR count). The van der Waals surface area contributed by atoms with Crippen molar-refractivity contribution in [3.63, 3.8) is 0 Å². The molecule has 0 aliphatic carbocycles. The van der Waals surface area contributed by atoms with Gasteiger partial charge in [0, 0.05) is 6.04 Å². The molecule has 92 valence electrons. The minimum Gasteiger partial charge on any atom is -0.374 e. The Labute approximate surface area is 99.3 Å². The van der Waals surface area contributed by atoms with Crippen LogP contribution in [0.4, 0.5) is 5.13 Å². The van der Waals surface area contributed by atoms with Gasteiger partial charge in [-0.3, -0.25) is 0 Å². The summed E-state index contributed by atoms with van der Waals surface area (Å²) in [7, 11) is -3.55. The van der Waals surface area contributed by atoms with Crippen molar-refractivity contribution < 1.29 is 8.42 Å². The van der Waals surface area contributed by atoms with E-state index in [-0.39, 0.29) is 15.5 Å². The van der Waals surface area contributed by atoms with E-state index in [9.17, 15) is 8.42 Å². The largest absolute Gasteiger partial charge is 0.374 e. The van der Waals surface area contributed by atoms with Crippen LogP contribution in [0.3, 0.4) is 0 Å². The molecule has 0 fully saturated rings. The van der Waals surface area contributed by atoms with Crippen molar-refractivity contribution in [2.45, 2.75) is 43.5 Å². The van der Waals surface area contributed by atoms with E-state index in [4.69, 9.17) is 5.73 Å². The lowest BCUT2D eigenvalue weighted by Crippen LogP contribution is -2.32. The molecule has 1 aromatic rings. The van der Waals surface area contributed by atoms with Crippen LogP contribution in [-0.4, -0.2) is 24.7 Å². The van der Waals surface area contributed by atoms with Crippen molar-refractivity contribution in [3.8, 4) is 0 Å². The molecule has 0 aromatic carbocycles. The molecule has 0 bridgehead atoms. The van der Waals surface area contributed by atoms with Crippen LogP contribution >= 0.6 is 11.3 Å². The summed E-state index contributed by atoms with van der Waals surface area (Å²) in [6.07, 6.45) is 2.84. The monoisotopic (exact) mass is 264 g/mol. The number of unbranched alkanes of at least 4 members (excludes halogenated alkanes) is 1. The molecular formula is C8H16N4O2S2. The van der Waals surface area contributed by atoms with Gasteiger partial charge < -0.3 is 5.73 Å². The van der Waals surface area contributed by atoms with Crippen LogP contribution in [0.15, 0.2) is 4.34 Å².